The number of hydrogen-bond donors (Lipinski definition) is 2. The van der Waals surface area contributed by atoms with Crippen molar-refractivity contribution >= 4 is 33.3 Å². The zero-order valence-electron chi connectivity index (χ0n) is 11.9. The third-order valence-corrected chi connectivity index (χ3v) is 3.94. The number of rotatable bonds is 4. The predicted octanol–water partition coefficient (Wildman–Crippen LogP) is 2.94. The van der Waals surface area contributed by atoms with Gasteiger partial charge >= 0.3 is 0 Å². The molecule has 0 atom stereocenters. The monoisotopic (exact) mass is 300 g/mol. The number of amides is 1. The van der Waals surface area contributed by atoms with E-state index in [1.807, 2.05) is 49.8 Å². The van der Waals surface area contributed by atoms with Crippen molar-refractivity contribution in [3.8, 4) is 0 Å². The SMILES string of the molecule is CN(C)Cc1ccc(C(=O)Nc2[nH]nc3sccc23)cc1. The number of fused-ring (bicyclic) bond motifs is 1. The molecule has 1 aromatic carbocycles. The quantitative estimate of drug-likeness (QED) is 0.779. The second kappa shape index (κ2) is 5.67. The summed E-state index contributed by atoms with van der Waals surface area (Å²) in [5.74, 6) is 0.511. The number of anilines is 1. The number of H-pyrrole nitrogens is 1. The normalized spacial score (nSPS) is 11.2. The molecular formula is C15H16N4OS. The molecule has 3 aromatic rings. The van der Waals surface area contributed by atoms with Gasteiger partial charge < -0.3 is 10.2 Å². The molecule has 2 N–H and O–H groups in total. The summed E-state index contributed by atoms with van der Waals surface area (Å²) < 4.78 is 0. The van der Waals surface area contributed by atoms with Crippen LogP contribution in [0.25, 0.3) is 10.2 Å². The van der Waals surface area contributed by atoms with Crippen molar-refractivity contribution in [2.24, 2.45) is 0 Å². The van der Waals surface area contributed by atoms with Gasteiger partial charge in [0, 0.05) is 12.1 Å². The first-order valence-electron chi connectivity index (χ1n) is 6.60. The maximum absolute atomic E-state index is 12.2. The second-order valence-electron chi connectivity index (χ2n) is 5.13. The molecular weight excluding hydrogens is 284 g/mol. The van der Waals surface area contributed by atoms with E-state index >= 15 is 0 Å². The number of nitrogens with one attached hydrogen (secondary N) is 2. The summed E-state index contributed by atoms with van der Waals surface area (Å²) in [6.45, 7) is 0.859. The number of aromatic amines is 1. The third kappa shape index (κ3) is 2.96. The van der Waals surface area contributed by atoms with Crippen molar-refractivity contribution in [3.63, 3.8) is 0 Å². The first kappa shape index (κ1) is 13.8. The minimum absolute atomic E-state index is 0.136. The molecule has 2 heterocycles. The van der Waals surface area contributed by atoms with Crippen molar-refractivity contribution in [1.29, 1.82) is 0 Å². The molecule has 0 saturated heterocycles. The number of nitrogens with zero attached hydrogens (tertiary/aromatic N) is 2. The van der Waals surface area contributed by atoms with Crippen LogP contribution in [0.4, 0.5) is 5.82 Å². The van der Waals surface area contributed by atoms with E-state index in [9.17, 15) is 4.79 Å². The van der Waals surface area contributed by atoms with Crippen LogP contribution in [-0.4, -0.2) is 35.1 Å². The van der Waals surface area contributed by atoms with Crippen molar-refractivity contribution < 1.29 is 4.79 Å². The maximum atomic E-state index is 12.2. The Kier molecular flexibility index (Phi) is 3.72. The summed E-state index contributed by atoms with van der Waals surface area (Å²) in [6.07, 6.45) is 0. The summed E-state index contributed by atoms with van der Waals surface area (Å²) in [6, 6.07) is 9.58. The van der Waals surface area contributed by atoms with E-state index < -0.39 is 0 Å². The van der Waals surface area contributed by atoms with Crippen molar-refractivity contribution in [1.82, 2.24) is 15.1 Å². The average Bonchev–Trinajstić information content (AvgIpc) is 3.04. The highest BCUT2D eigenvalue weighted by Crippen LogP contribution is 2.25. The average molecular weight is 300 g/mol. The molecule has 2 aromatic heterocycles. The molecule has 21 heavy (non-hydrogen) atoms. The molecule has 0 aliphatic carbocycles. The number of carbonyl (C=O) groups excluding carboxylic acids is 1. The first-order chi connectivity index (χ1) is 10.1. The Hall–Kier alpha value is -2.18. The molecule has 0 aliphatic rings. The van der Waals surface area contributed by atoms with Crippen LogP contribution in [0.3, 0.4) is 0 Å². The number of aromatic nitrogens is 2. The van der Waals surface area contributed by atoms with Gasteiger partial charge in [-0.3, -0.25) is 9.89 Å². The molecule has 0 fully saturated rings. The number of benzene rings is 1. The lowest BCUT2D eigenvalue weighted by molar-refractivity contribution is 0.102. The molecule has 3 rings (SSSR count). The fourth-order valence-corrected chi connectivity index (χ4v) is 2.88. The highest BCUT2D eigenvalue weighted by Gasteiger charge is 2.11. The van der Waals surface area contributed by atoms with Crippen LogP contribution in [0.5, 0.6) is 0 Å². The Balaban J connectivity index is 1.75. The zero-order valence-corrected chi connectivity index (χ0v) is 12.7. The fourth-order valence-electron chi connectivity index (χ4n) is 2.15. The summed E-state index contributed by atoms with van der Waals surface area (Å²) in [5.41, 5.74) is 1.81. The van der Waals surface area contributed by atoms with E-state index in [2.05, 4.69) is 20.4 Å². The largest absolute Gasteiger partial charge is 0.306 e. The van der Waals surface area contributed by atoms with Crippen molar-refractivity contribution in [3.05, 3.63) is 46.8 Å². The van der Waals surface area contributed by atoms with E-state index in [0.717, 1.165) is 16.8 Å². The van der Waals surface area contributed by atoms with Crippen LogP contribution < -0.4 is 5.32 Å². The van der Waals surface area contributed by atoms with Gasteiger partial charge in [0.15, 0.2) is 0 Å². The van der Waals surface area contributed by atoms with E-state index in [1.165, 1.54) is 5.56 Å². The highest BCUT2D eigenvalue weighted by atomic mass is 32.1. The number of carbonyl (C=O) groups is 1. The molecule has 0 unspecified atom stereocenters. The molecule has 0 spiro atoms. The van der Waals surface area contributed by atoms with Gasteiger partial charge in [0.2, 0.25) is 0 Å². The molecule has 1 amide bonds. The lowest BCUT2D eigenvalue weighted by Gasteiger charge is -2.10. The van der Waals surface area contributed by atoms with Crippen molar-refractivity contribution in [2.75, 3.05) is 19.4 Å². The van der Waals surface area contributed by atoms with E-state index in [1.54, 1.807) is 11.3 Å². The summed E-state index contributed by atoms with van der Waals surface area (Å²) in [7, 11) is 4.04. The summed E-state index contributed by atoms with van der Waals surface area (Å²) in [4.78, 5) is 15.2. The molecule has 5 nitrogen and oxygen atoms in total. The minimum Gasteiger partial charge on any atom is -0.306 e. The van der Waals surface area contributed by atoms with E-state index in [0.29, 0.717) is 11.4 Å². The van der Waals surface area contributed by atoms with Gasteiger partial charge in [0.1, 0.15) is 10.6 Å². The highest BCUT2D eigenvalue weighted by molar-refractivity contribution is 7.16. The standard InChI is InChI=1S/C15H16N4OS/c1-19(2)9-10-3-5-11(6-4-10)14(20)16-13-12-7-8-21-15(12)18-17-13/h3-8H,9H2,1-2H3,(H2,16,17,18,20). The summed E-state index contributed by atoms with van der Waals surface area (Å²) in [5, 5.41) is 12.8. The Labute approximate surface area is 126 Å². The molecule has 0 bridgehead atoms. The zero-order chi connectivity index (χ0) is 14.8. The van der Waals surface area contributed by atoms with Gasteiger partial charge in [-0.05, 0) is 43.2 Å². The molecule has 6 heteroatoms. The van der Waals surface area contributed by atoms with Gasteiger partial charge in [-0.2, -0.15) is 5.10 Å². The fraction of sp³-hybridized carbons (Fsp3) is 0.200. The van der Waals surface area contributed by atoms with Crippen LogP contribution in [-0.2, 0) is 6.54 Å². The Morgan fingerprint density at radius 2 is 2.05 bits per heavy atom. The molecule has 0 aliphatic heterocycles. The smallest absolute Gasteiger partial charge is 0.256 e. The van der Waals surface area contributed by atoms with E-state index in [-0.39, 0.29) is 5.91 Å². The number of hydrogen-bond acceptors (Lipinski definition) is 4. The Morgan fingerprint density at radius 3 is 2.76 bits per heavy atom. The predicted molar refractivity (Wildman–Crippen MR) is 85.8 cm³/mol. The molecule has 0 radical (unpaired) electrons. The topological polar surface area (TPSA) is 61.0 Å². The second-order valence-corrected chi connectivity index (χ2v) is 6.02. The van der Waals surface area contributed by atoms with Crippen LogP contribution in [0.15, 0.2) is 35.7 Å². The lowest BCUT2D eigenvalue weighted by Crippen LogP contribution is -2.13. The maximum Gasteiger partial charge on any atom is 0.256 e. The van der Waals surface area contributed by atoms with Gasteiger partial charge in [-0.15, -0.1) is 11.3 Å². The van der Waals surface area contributed by atoms with E-state index in [4.69, 9.17) is 0 Å². The van der Waals surface area contributed by atoms with Crippen LogP contribution in [0.2, 0.25) is 0 Å². The molecule has 0 saturated carbocycles. The minimum atomic E-state index is -0.136. The Bertz CT molecular complexity index is 757. The van der Waals surface area contributed by atoms with Gasteiger partial charge in [-0.1, -0.05) is 12.1 Å². The van der Waals surface area contributed by atoms with Crippen molar-refractivity contribution in [2.45, 2.75) is 6.54 Å². The lowest BCUT2D eigenvalue weighted by atomic mass is 10.1. The first-order valence-corrected chi connectivity index (χ1v) is 7.48. The molecule has 108 valence electrons. The van der Waals surface area contributed by atoms with Crippen LogP contribution >= 0.6 is 11.3 Å². The Morgan fingerprint density at radius 1 is 1.29 bits per heavy atom. The number of thiophene rings is 1. The van der Waals surface area contributed by atoms with Gasteiger partial charge in [-0.25, -0.2) is 0 Å². The van der Waals surface area contributed by atoms with Gasteiger partial charge in [0.25, 0.3) is 5.91 Å². The van der Waals surface area contributed by atoms with Crippen LogP contribution in [0.1, 0.15) is 15.9 Å². The third-order valence-electron chi connectivity index (χ3n) is 3.14. The van der Waals surface area contributed by atoms with Gasteiger partial charge in [0.05, 0.1) is 5.39 Å². The summed E-state index contributed by atoms with van der Waals surface area (Å²) >= 11 is 1.54. The van der Waals surface area contributed by atoms with Crippen LogP contribution in [0, 0.1) is 0 Å².